The van der Waals surface area contributed by atoms with E-state index >= 15 is 0 Å². The molecule has 0 fully saturated rings. The van der Waals surface area contributed by atoms with Crippen LogP contribution in [0.2, 0.25) is 0 Å². The average Bonchev–Trinajstić information content (AvgIpc) is 2.79. The van der Waals surface area contributed by atoms with Crippen LogP contribution < -0.4 is 0 Å². The number of benzene rings is 2. The fourth-order valence-electron chi connectivity index (χ4n) is 2.53. The van der Waals surface area contributed by atoms with Gasteiger partial charge in [0.1, 0.15) is 11.6 Å². The maximum Gasteiger partial charge on any atom is 0.147 e. The molecule has 0 atom stereocenters. The lowest BCUT2D eigenvalue weighted by Crippen LogP contribution is -2.04. The Hall–Kier alpha value is -1.87. The van der Waals surface area contributed by atoms with Crippen LogP contribution in [0.5, 0.6) is 0 Å². The van der Waals surface area contributed by atoms with Crippen molar-refractivity contribution < 1.29 is 4.39 Å². The maximum atomic E-state index is 14.3. The zero-order chi connectivity index (χ0) is 14.3. The highest BCUT2D eigenvalue weighted by Gasteiger charge is 2.17. The SMILES string of the molecule is Cc1cccc(F)c1-n1c(CCl)nc2c(C)cccc21. The van der Waals surface area contributed by atoms with Crippen molar-refractivity contribution in [1.29, 1.82) is 0 Å². The van der Waals surface area contributed by atoms with Gasteiger partial charge in [0.25, 0.3) is 0 Å². The molecule has 102 valence electrons. The molecule has 0 bridgehead atoms. The van der Waals surface area contributed by atoms with Gasteiger partial charge in [0.15, 0.2) is 0 Å². The lowest BCUT2D eigenvalue weighted by atomic mass is 10.1. The van der Waals surface area contributed by atoms with Crippen LogP contribution >= 0.6 is 11.6 Å². The minimum atomic E-state index is -0.267. The van der Waals surface area contributed by atoms with Crippen LogP contribution in [0.25, 0.3) is 16.7 Å². The molecule has 3 rings (SSSR count). The van der Waals surface area contributed by atoms with Crippen molar-refractivity contribution in [2.75, 3.05) is 0 Å². The third-order valence-corrected chi connectivity index (χ3v) is 3.73. The summed E-state index contributed by atoms with van der Waals surface area (Å²) in [6.45, 7) is 3.88. The van der Waals surface area contributed by atoms with E-state index in [1.54, 1.807) is 6.07 Å². The Balaban J connectivity index is 2.44. The van der Waals surface area contributed by atoms with Crippen LogP contribution in [0, 0.1) is 19.7 Å². The van der Waals surface area contributed by atoms with E-state index in [4.69, 9.17) is 11.6 Å². The molecule has 0 radical (unpaired) electrons. The highest BCUT2D eigenvalue weighted by Crippen LogP contribution is 2.28. The first-order valence-corrected chi connectivity index (χ1v) is 6.95. The van der Waals surface area contributed by atoms with E-state index in [0.717, 1.165) is 22.2 Å². The second kappa shape index (κ2) is 4.91. The molecule has 0 saturated heterocycles. The molecule has 3 aromatic rings. The molecule has 4 heteroatoms. The molecule has 0 aliphatic heterocycles. The number of nitrogens with zero attached hydrogens (tertiary/aromatic N) is 2. The maximum absolute atomic E-state index is 14.3. The topological polar surface area (TPSA) is 17.8 Å². The Morgan fingerprint density at radius 1 is 1.10 bits per heavy atom. The molecule has 0 N–H and O–H groups in total. The van der Waals surface area contributed by atoms with Crippen LogP contribution in [-0.2, 0) is 5.88 Å². The highest BCUT2D eigenvalue weighted by atomic mass is 35.5. The summed E-state index contributed by atoms with van der Waals surface area (Å²) in [6, 6.07) is 10.9. The van der Waals surface area contributed by atoms with Gasteiger partial charge >= 0.3 is 0 Å². The zero-order valence-electron chi connectivity index (χ0n) is 11.3. The monoisotopic (exact) mass is 288 g/mol. The van der Waals surface area contributed by atoms with Gasteiger partial charge in [-0.05, 0) is 37.1 Å². The molecular formula is C16H14ClFN2. The van der Waals surface area contributed by atoms with Crippen LogP contribution in [0.15, 0.2) is 36.4 Å². The highest BCUT2D eigenvalue weighted by molar-refractivity contribution is 6.17. The molecule has 0 aliphatic rings. The van der Waals surface area contributed by atoms with Crippen molar-refractivity contribution >= 4 is 22.6 Å². The Labute approximate surface area is 121 Å². The van der Waals surface area contributed by atoms with Crippen molar-refractivity contribution in [1.82, 2.24) is 9.55 Å². The Morgan fingerprint density at radius 3 is 2.50 bits per heavy atom. The molecule has 20 heavy (non-hydrogen) atoms. The van der Waals surface area contributed by atoms with Gasteiger partial charge in [-0.2, -0.15) is 0 Å². The molecule has 1 aromatic heterocycles. The molecule has 0 aliphatic carbocycles. The summed E-state index contributed by atoms with van der Waals surface area (Å²) in [7, 11) is 0. The smallest absolute Gasteiger partial charge is 0.147 e. The number of para-hydroxylation sites is 2. The number of hydrogen-bond acceptors (Lipinski definition) is 1. The minimum absolute atomic E-state index is 0.238. The number of imidazole rings is 1. The van der Waals surface area contributed by atoms with E-state index in [1.807, 2.05) is 42.7 Å². The standard InChI is InChI=1S/C16H14ClFN2/c1-10-5-4-8-13-15(10)19-14(9-17)20(13)16-11(2)6-3-7-12(16)18/h3-8H,9H2,1-2H3. The molecule has 0 unspecified atom stereocenters. The van der Waals surface area contributed by atoms with Gasteiger partial charge in [0.2, 0.25) is 0 Å². The minimum Gasteiger partial charge on any atom is -0.292 e. The first-order chi connectivity index (χ1) is 9.63. The first-order valence-electron chi connectivity index (χ1n) is 6.42. The molecule has 0 spiro atoms. The van der Waals surface area contributed by atoms with Gasteiger partial charge in [0.05, 0.1) is 22.6 Å². The van der Waals surface area contributed by atoms with Crippen LogP contribution in [0.3, 0.4) is 0 Å². The summed E-state index contributed by atoms with van der Waals surface area (Å²) in [5, 5.41) is 0. The van der Waals surface area contributed by atoms with E-state index in [9.17, 15) is 4.39 Å². The second-order valence-electron chi connectivity index (χ2n) is 4.85. The number of fused-ring (bicyclic) bond motifs is 1. The largest absolute Gasteiger partial charge is 0.292 e. The number of hydrogen-bond donors (Lipinski definition) is 0. The number of alkyl halides is 1. The van der Waals surface area contributed by atoms with Crippen molar-refractivity contribution in [2.45, 2.75) is 19.7 Å². The molecular weight excluding hydrogens is 275 g/mol. The van der Waals surface area contributed by atoms with E-state index in [0.29, 0.717) is 11.5 Å². The lowest BCUT2D eigenvalue weighted by Gasteiger charge is -2.12. The number of aromatic nitrogens is 2. The number of halogens is 2. The second-order valence-corrected chi connectivity index (χ2v) is 5.11. The van der Waals surface area contributed by atoms with Gasteiger partial charge in [-0.3, -0.25) is 4.57 Å². The van der Waals surface area contributed by atoms with Crippen molar-refractivity contribution in [3.8, 4) is 5.69 Å². The first kappa shape index (κ1) is 13.1. The van der Waals surface area contributed by atoms with Gasteiger partial charge in [-0.25, -0.2) is 9.37 Å². The number of aryl methyl sites for hydroxylation is 2. The van der Waals surface area contributed by atoms with Crippen LogP contribution in [0.1, 0.15) is 17.0 Å². The Bertz CT molecular complexity index is 772. The van der Waals surface area contributed by atoms with E-state index in [2.05, 4.69) is 4.98 Å². The molecule has 2 nitrogen and oxygen atoms in total. The van der Waals surface area contributed by atoms with Crippen molar-refractivity contribution in [3.05, 3.63) is 59.2 Å². The van der Waals surface area contributed by atoms with E-state index in [1.165, 1.54) is 6.07 Å². The summed E-state index contributed by atoms with van der Waals surface area (Å²) in [5.74, 6) is 0.628. The lowest BCUT2D eigenvalue weighted by molar-refractivity contribution is 0.616. The summed E-state index contributed by atoms with van der Waals surface area (Å²) >= 11 is 6.00. The summed E-state index contributed by atoms with van der Waals surface area (Å²) < 4.78 is 16.1. The summed E-state index contributed by atoms with van der Waals surface area (Å²) in [5.41, 5.74) is 4.19. The van der Waals surface area contributed by atoms with Crippen molar-refractivity contribution in [3.63, 3.8) is 0 Å². The predicted molar refractivity (Wildman–Crippen MR) is 80.1 cm³/mol. The van der Waals surface area contributed by atoms with Crippen molar-refractivity contribution in [2.24, 2.45) is 0 Å². The summed E-state index contributed by atoms with van der Waals surface area (Å²) in [4.78, 5) is 4.55. The van der Waals surface area contributed by atoms with E-state index in [-0.39, 0.29) is 11.7 Å². The van der Waals surface area contributed by atoms with E-state index < -0.39 is 0 Å². The Kier molecular flexibility index (Phi) is 3.22. The van der Waals surface area contributed by atoms with Gasteiger partial charge in [0, 0.05) is 0 Å². The van der Waals surface area contributed by atoms with Gasteiger partial charge < -0.3 is 0 Å². The molecule has 0 saturated carbocycles. The quantitative estimate of drug-likeness (QED) is 0.634. The van der Waals surface area contributed by atoms with Gasteiger partial charge in [-0.1, -0.05) is 24.3 Å². The third kappa shape index (κ3) is 1.90. The predicted octanol–water partition coefficient (Wildman–Crippen LogP) is 4.52. The zero-order valence-corrected chi connectivity index (χ0v) is 12.1. The normalized spacial score (nSPS) is 11.2. The molecule has 0 amide bonds. The number of rotatable bonds is 2. The van der Waals surface area contributed by atoms with Crippen LogP contribution in [0.4, 0.5) is 4.39 Å². The molecule has 1 heterocycles. The molecule has 2 aromatic carbocycles. The Morgan fingerprint density at radius 2 is 1.80 bits per heavy atom. The van der Waals surface area contributed by atoms with Gasteiger partial charge in [-0.15, -0.1) is 11.6 Å². The fraction of sp³-hybridized carbons (Fsp3) is 0.188. The third-order valence-electron chi connectivity index (χ3n) is 3.49. The fourth-order valence-corrected chi connectivity index (χ4v) is 2.71. The summed E-state index contributed by atoms with van der Waals surface area (Å²) in [6.07, 6.45) is 0. The van der Waals surface area contributed by atoms with Crippen LogP contribution in [-0.4, -0.2) is 9.55 Å². The average molecular weight is 289 g/mol.